The minimum atomic E-state index is 0.185. The van der Waals surface area contributed by atoms with Gasteiger partial charge >= 0.3 is 0 Å². The molecule has 0 aliphatic heterocycles. The SMILES string of the molecule is Cc1ccc(CC(N)C(C)(C)C)cc1. The summed E-state index contributed by atoms with van der Waals surface area (Å²) in [5.74, 6) is 0. The fourth-order valence-electron chi connectivity index (χ4n) is 1.28. The smallest absolute Gasteiger partial charge is 0.0128 e. The van der Waals surface area contributed by atoms with Gasteiger partial charge in [-0.2, -0.15) is 0 Å². The second-order valence-electron chi connectivity index (χ2n) is 5.16. The summed E-state index contributed by atoms with van der Waals surface area (Å²) in [4.78, 5) is 0. The average Bonchev–Trinajstić information content (AvgIpc) is 2.07. The van der Waals surface area contributed by atoms with Crippen molar-refractivity contribution < 1.29 is 0 Å². The van der Waals surface area contributed by atoms with E-state index in [0.717, 1.165) is 6.42 Å². The van der Waals surface area contributed by atoms with Crippen molar-refractivity contribution in [2.24, 2.45) is 11.1 Å². The molecule has 1 aromatic carbocycles. The van der Waals surface area contributed by atoms with Gasteiger partial charge in [0.05, 0.1) is 0 Å². The van der Waals surface area contributed by atoms with Crippen molar-refractivity contribution in [3.63, 3.8) is 0 Å². The second-order valence-corrected chi connectivity index (χ2v) is 5.16. The van der Waals surface area contributed by atoms with Crippen LogP contribution in [0.5, 0.6) is 0 Å². The van der Waals surface area contributed by atoms with E-state index >= 15 is 0 Å². The van der Waals surface area contributed by atoms with Crippen LogP contribution >= 0.6 is 0 Å². The fraction of sp³-hybridized carbons (Fsp3) is 0.538. The number of nitrogens with two attached hydrogens (primary N) is 1. The van der Waals surface area contributed by atoms with Crippen molar-refractivity contribution in [1.29, 1.82) is 0 Å². The Morgan fingerprint density at radius 3 is 2.07 bits per heavy atom. The monoisotopic (exact) mass is 191 g/mol. The molecule has 1 nitrogen and oxygen atoms in total. The number of benzene rings is 1. The van der Waals surface area contributed by atoms with E-state index in [1.165, 1.54) is 11.1 Å². The van der Waals surface area contributed by atoms with Crippen molar-refractivity contribution in [1.82, 2.24) is 0 Å². The molecule has 1 unspecified atom stereocenters. The van der Waals surface area contributed by atoms with Crippen molar-refractivity contribution in [3.8, 4) is 0 Å². The summed E-state index contributed by atoms with van der Waals surface area (Å²) in [7, 11) is 0. The quantitative estimate of drug-likeness (QED) is 0.764. The summed E-state index contributed by atoms with van der Waals surface area (Å²) in [5.41, 5.74) is 8.94. The van der Waals surface area contributed by atoms with Gasteiger partial charge in [0, 0.05) is 6.04 Å². The highest BCUT2D eigenvalue weighted by Gasteiger charge is 2.20. The molecule has 0 aromatic heterocycles. The van der Waals surface area contributed by atoms with Crippen LogP contribution < -0.4 is 5.73 Å². The number of hydrogen-bond acceptors (Lipinski definition) is 1. The molecule has 0 fully saturated rings. The zero-order valence-corrected chi connectivity index (χ0v) is 9.67. The minimum absolute atomic E-state index is 0.185. The third-order valence-corrected chi connectivity index (χ3v) is 2.69. The fourth-order valence-corrected chi connectivity index (χ4v) is 1.28. The Bertz CT molecular complexity index is 279. The molecule has 1 atom stereocenters. The van der Waals surface area contributed by atoms with Crippen LogP contribution in [0, 0.1) is 12.3 Å². The summed E-state index contributed by atoms with van der Waals surface area (Å²) in [5, 5.41) is 0. The standard InChI is InChI=1S/C13H21N/c1-10-5-7-11(8-6-10)9-12(14)13(2,3)4/h5-8,12H,9,14H2,1-4H3. The van der Waals surface area contributed by atoms with E-state index in [4.69, 9.17) is 5.73 Å². The first kappa shape index (κ1) is 11.3. The van der Waals surface area contributed by atoms with Gasteiger partial charge in [0.2, 0.25) is 0 Å². The van der Waals surface area contributed by atoms with Crippen molar-refractivity contribution in [2.45, 2.75) is 40.2 Å². The molecule has 0 aliphatic carbocycles. The van der Waals surface area contributed by atoms with Gasteiger partial charge in [-0.25, -0.2) is 0 Å². The molecule has 0 spiro atoms. The lowest BCUT2D eigenvalue weighted by molar-refractivity contribution is 0.318. The van der Waals surface area contributed by atoms with E-state index in [1.54, 1.807) is 0 Å². The summed E-state index contributed by atoms with van der Waals surface area (Å²) < 4.78 is 0. The molecule has 1 heteroatoms. The van der Waals surface area contributed by atoms with Crippen LogP contribution in [0.15, 0.2) is 24.3 Å². The third kappa shape index (κ3) is 3.15. The first-order valence-corrected chi connectivity index (χ1v) is 5.21. The van der Waals surface area contributed by atoms with Gasteiger partial charge in [0.1, 0.15) is 0 Å². The van der Waals surface area contributed by atoms with Gasteiger partial charge in [0.25, 0.3) is 0 Å². The average molecular weight is 191 g/mol. The summed E-state index contributed by atoms with van der Waals surface area (Å²) in [6, 6.07) is 8.85. The molecule has 0 saturated heterocycles. The number of rotatable bonds is 2. The molecular weight excluding hydrogens is 170 g/mol. The summed E-state index contributed by atoms with van der Waals surface area (Å²) in [6.07, 6.45) is 0.962. The van der Waals surface area contributed by atoms with Gasteiger partial charge in [-0.15, -0.1) is 0 Å². The Hall–Kier alpha value is -0.820. The Kier molecular flexibility index (Phi) is 3.33. The zero-order valence-electron chi connectivity index (χ0n) is 9.67. The van der Waals surface area contributed by atoms with Crippen LogP contribution in [0.25, 0.3) is 0 Å². The van der Waals surface area contributed by atoms with E-state index in [-0.39, 0.29) is 11.5 Å². The van der Waals surface area contributed by atoms with Crippen LogP contribution in [0.3, 0.4) is 0 Å². The van der Waals surface area contributed by atoms with Crippen molar-refractivity contribution in [2.75, 3.05) is 0 Å². The second kappa shape index (κ2) is 4.14. The molecule has 14 heavy (non-hydrogen) atoms. The van der Waals surface area contributed by atoms with Gasteiger partial charge in [-0.05, 0) is 24.3 Å². The van der Waals surface area contributed by atoms with Crippen LogP contribution in [0.2, 0.25) is 0 Å². The largest absolute Gasteiger partial charge is 0.327 e. The summed E-state index contributed by atoms with van der Waals surface area (Å²) >= 11 is 0. The minimum Gasteiger partial charge on any atom is -0.327 e. The van der Waals surface area contributed by atoms with Gasteiger partial charge in [-0.1, -0.05) is 50.6 Å². The maximum atomic E-state index is 6.12. The Labute approximate surface area is 87.3 Å². The molecule has 1 rings (SSSR count). The van der Waals surface area contributed by atoms with E-state index in [2.05, 4.69) is 52.0 Å². The molecule has 0 bridgehead atoms. The van der Waals surface area contributed by atoms with Gasteiger partial charge in [0.15, 0.2) is 0 Å². The number of hydrogen-bond donors (Lipinski definition) is 1. The normalized spacial score (nSPS) is 14.1. The highest BCUT2D eigenvalue weighted by atomic mass is 14.7. The molecule has 0 amide bonds. The van der Waals surface area contributed by atoms with Crippen LogP contribution in [-0.2, 0) is 6.42 Å². The first-order valence-electron chi connectivity index (χ1n) is 5.21. The van der Waals surface area contributed by atoms with E-state index in [9.17, 15) is 0 Å². The zero-order chi connectivity index (χ0) is 10.8. The van der Waals surface area contributed by atoms with E-state index in [1.807, 2.05) is 0 Å². The highest BCUT2D eigenvalue weighted by Crippen LogP contribution is 2.20. The van der Waals surface area contributed by atoms with Crippen LogP contribution in [0.1, 0.15) is 31.9 Å². The molecule has 0 heterocycles. The van der Waals surface area contributed by atoms with Crippen LogP contribution in [-0.4, -0.2) is 6.04 Å². The van der Waals surface area contributed by atoms with Gasteiger partial charge < -0.3 is 5.73 Å². The van der Waals surface area contributed by atoms with E-state index in [0.29, 0.717) is 0 Å². The molecule has 0 aliphatic rings. The first-order chi connectivity index (χ1) is 6.39. The molecule has 0 radical (unpaired) electrons. The maximum absolute atomic E-state index is 6.12. The van der Waals surface area contributed by atoms with Crippen LogP contribution in [0.4, 0.5) is 0 Å². The van der Waals surface area contributed by atoms with E-state index < -0.39 is 0 Å². The molecule has 78 valence electrons. The maximum Gasteiger partial charge on any atom is 0.0128 e. The lowest BCUT2D eigenvalue weighted by Crippen LogP contribution is -2.36. The Morgan fingerprint density at radius 2 is 1.64 bits per heavy atom. The molecular formula is C13H21N. The molecule has 2 N–H and O–H groups in total. The third-order valence-electron chi connectivity index (χ3n) is 2.69. The number of aryl methyl sites for hydroxylation is 1. The lowest BCUT2D eigenvalue weighted by Gasteiger charge is -2.27. The lowest BCUT2D eigenvalue weighted by atomic mass is 9.84. The Morgan fingerprint density at radius 1 is 1.14 bits per heavy atom. The molecule has 1 aromatic rings. The van der Waals surface area contributed by atoms with Crippen molar-refractivity contribution >= 4 is 0 Å². The van der Waals surface area contributed by atoms with Gasteiger partial charge in [-0.3, -0.25) is 0 Å². The Balaban J connectivity index is 2.65. The predicted molar refractivity (Wildman–Crippen MR) is 62.3 cm³/mol. The van der Waals surface area contributed by atoms with Crippen molar-refractivity contribution in [3.05, 3.63) is 35.4 Å². The summed E-state index contributed by atoms with van der Waals surface area (Å²) in [6.45, 7) is 8.66. The topological polar surface area (TPSA) is 26.0 Å². The molecule has 0 saturated carbocycles. The highest BCUT2D eigenvalue weighted by molar-refractivity contribution is 5.22. The predicted octanol–water partition coefficient (Wildman–Crippen LogP) is 2.91.